The molecule has 1 saturated carbocycles. The quantitative estimate of drug-likeness (QED) is 0.760. The number of hydrogen-bond acceptors (Lipinski definition) is 4. The number of aliphatic hydroxyl groups is 1. The molecule has 0 aromatic heterocycles. The lowest BCUT2D eigenvalue weighted by molar-refractivity contribution is 0.287. The van der Waals surface area contributed by atoms with Crippen LogP contribution in [0.5, 0.6) is 5.75 Å². The van der Waals surface area contributed by atoms with Gasteiger partial charge in [-0.15, -0.1) is 0 Å². The molecule has 0 bridgehead atoms. The maximum Gasteiger partial charge on any atom is 0.130 e. The molecule has 2 N–H and O–H groups in total. The number of benzene rings is 1. The van der Waals surface area contributed by atoms with Crippen LogP contribution < -0.4 is 10.1 Å². The Bertz CT molecular complexity index is 407. The van der Waals surface area contributed by atoms with Crippen molar-refractivity contribution in [2.24, 2.45) is 0 Å². The molecule has 1 atom stereocenters. The van der Waals surface area contributed by atoms with Gasteiger partial charge in [-0.2, -0.15) is 5.26 Å². The molecule has 0 aliphatic heterocycles. The van der Waals surface area contributed by atoms with Crippen LogP contribution >= 0.6 is 0 Å². The normalized spacial score (nSPS) is 16.0. The van der Waals surface area contributed by atoms with Gasteiger partial charge in [0.25, 0.3) is 0 Å². The summed E-state index contributed by atoms with van der Waals surface area (Å²) in [6.45, 7) is 0.522. The van der Waals surface area contributed by atoms with Crippen molar-refractivity contribution < 1.29 is 9.84 Å². The smallest absolute Gasteiger partial charge is 0.130 e. The number of nitrogens with zero attached hydrogens (tertiary/aromatic N) is 1. The van der Waals surface area contributed by atoms with Crippen LogP contribution in [0, 0.1) is 11.3 Å². The van der Waals surface area contributed by atoms with Gasteiger partial charge in [-0.3, -0.25) is 5.32 Å². The van der Waals surface area contributed by atoms with Crippen LogP contribution in [0.1, 0.15) is 18.4 Å². The number of hydrogen-bond donors (Lipinski definition) is 2. The zero-order valence-electron chi connectivity index (χ0n) is 10.3. The Hall–Kier alpha value is -1.57. The first kappa shape index (κ1) is 12.9. The van der Waals surface area contributed by atoms with Gasteiger partial charge in [-0.25, -0.2) is 0 Å². The Morgan fingerprint density at radius 2 is 2.11 bits per heavy atom. The molecule has 1 aromatic rings. The summed E-state index contributed by atoms with van der Waals surface area (Å²) in [4.78, 5) is 0. The second-order valence-corrected chi connectivity index (χ2v) is 4.55. The standard InChI is InChI=1S/C14H18N2O2/c15-9-13(16-12-3-4-12)10-18-14-5-1-11(2-6-14)7-8-17/h1-2,5-6,12-13,16-17H,3-4,7-8,10H2. The van der Waals surface area contributed by atoms with Gasteiger partial charge in [0, 0.05) is 12.6 Å². The summed E-state index contributed by atoms with van der Waals surface area (Å²) in [5.74, 6) is 0.759. The third-order valence-corrected chi connectivity index (χ3v) is 2.91. The molecule has 96 valence electrons. The van der Waals surface area contributed by atoms with E-state index in [1.54, 1.807) is 0 Å². The van der Waals surface area contributed by atoms with Gasteiger partial charge in [0.15, 0.2) is 0 Å². The van der Waals surface area contributed by atoms with Gasteiger partial charge < -0.3 is 9.84 Å². The van der Waals surface area contributed by atoms with E-state index in [1.807, 2.05) is 24.3 Å². The summed E-state index contributed by atoms with van der Waals surface area (Å²) in [5, 5.41) is 21.0. The highest BCUT2D eigenvalue weighted by Gasteiger charge is 2.24. The van der Waals surface area contributed by atoms with Crippen molar-refractivity contribution in [3.8, 4) is 11.8 Å². The fraction of sp³-hybridized carbons (Fsp3) is 0.500. The van der Waals surface area contributed by atoms with Crippen molar-refractivity contribution >= 4 is 0 Å². The summed E-state index contributed by atoms with van der Waals surface area (Å²) in [6.07, 6.45) is 2.98. The Morgan fingerprint density at radius 1 is 1.39 bits per heavy atom. The predicted molar refractivity (Wildman–Crippen MR) is 68.3 cm³/mol. The fourth-order valence-corrected chi connectivity index (χ4v) is 1.72. The first-order valence-corrected chi connectivity index (χ1v) is 6.30. The molecule has 1 fully saturated rings. The van der Waals surface area contributed by atoms with E-state index in [-0.39, 0.29) is 12.6 Å². The van der Waals surface area contributed by atoms with Crippen LogP contribution in [-0.2, 0) is 6.42 Å². The summed E-state index contributed by atoms with van der Waals surface area (Å²) >= 11 is 0. The minimum Gasteiger partial charge on any atom is -0.491 e. The van der Waals surface area contributed by atoms with Crippen molar-refractivity contribution in [1.82, 2.24) is 5.32 Å². The lowest BCUT2D eigenvalue weighted by atomic mass is 10.1. The largest absolute Gasteiger partial charge is 0.491 e. The lowest BCUT2D eigenvalue weighted by Gasteiger charge is -2.12. The number of ether oxygens (including phenoxy) is 1. The highest BCUT2D eigenvalue weighted by atomic mass is 16.5. The molecule has 0 spiro atoms. The molecular weight excluding hydrogens is 228 g/mol. The molecule has 1 aromatic carbocycles. The molecule has 4 nitrogen and oxygen atoms in total. The average molecular weight is 246 g/mol. The van der Waals surface area contributed by atoms with Crippen LogP contribution in [0.2, 0.25) is 0 Å². The highest BCUT2D eigenvalue weighted by Crippen LogP contribution is 2.19. The van der Waals surface area contributed by atoms with Crippen LogP contribution in [0.25, 0.3) is 0 Å². The van der Waals surface area contributed by atoms with E-state index < -0.39 is 0 Å². The molecule has 0 radical (unpaired) electrons. The maximum absolute atomic E-state index is 8.97. The van der Waals surface area contributed by atoms with Gasteiger partial charge >= 0.3 is 0 Å². The van der Waals surface area contributed by atoms with E-state index in [0.717, 1.165) is 24.2 Å². The Kier molecular flexibility index (Phi) is 4.57. The highest BCUT2D eigenvalue weighted by molar-refractivity contribution is 5.27. The van der Waals surface area contributed by atoms with Crippen molar-refractivity contribution in [2.75, 3.05) is 13.2 Å². The second kappa shape index (κ2) is 6.39. The molecular formula is C14H18N2O2. The summed E-state index contributed by atoms with van der Waals surface area (Å²) in [6, 6.07) is 10.1. The topological polar surface area (TPSA) is 65.3 Å². The third-order valence-electron chi connectivity index (χ3n) is 2.91. The number of rotatable bonds is 7. The van der Waals surface area contributed by atoms with Crippen molar-refractivity contribution in [2.45, 2.75) is 31.3 Å². The first-order valence-electron chi connectivity index (χ1n) is 6.30. The molecule has 0 saturated heterocycles. The number of nitrogens with one attached hydrogen (secondary N) is 1. The van der Waals surface area contributed by atoms with Crippen molar-refractivity contribution in [1.29, 1.82) is 5.26 Å². The van der Waals surface area contributed by atoms with E-state index in [2.05, 4.69) is 11.4 Å². The summed E-state index contributed by atoms with van der Waals surface area (Å²) < 4.78 is 5.57. The van der Waals surface area contributed by atoms with Crippen molar-refractivity contribution in [3.63, 3.8) is 0 Å². The lowest BCUT2D eigenvalue weighted by Crippen LogP contribution is -2.34. The van der Waals surface area contributed by atoms with E-state index in [4.69, 9.17) is 15.1 Å². The van der Waals surface area contributed by atoms with E-state index >= 15 is 0 Å². The predicted octanol–water partition coefficient (Wildman–Crippen LogP) is 1.24. The zero-order valence-corrected chi connectivity index (χ0v) is 10.3. The SMILES string of the molecule is N#CC(COc1ccc(CCO)cc1)NC1CC1. The maximum atomic E-state index is 8.97. The van der Waals surface area contributed by atoms with Crippen molar-refractivity contribution in [3.05, 3.63) is 29.8 Å². The van der Waals surface area contributed by atoms with Crippen LogP contribution in [0.15, 0.2) is 24.3 Å². The molecule has 1 unspecified atom stereocenters. The van der Waals surface area contributed by atoms with Gasteiger partial charge in [0.05, 0.1) is 6.07 Å². The van der Waals surface area contributed by atoms with E-state index in [1.165, 1.54) is 0 Å². The molecule has 0 amide bonds. The monoisotopic (exact) mass is 246 g/mol. The van der Waals surface area contributed by atoms with E-state index in [0.29, 0.717) is 19.1 Å². The Labute approximate surface area is 107 Å². The molecule has 1 aliphatic carbocycles. The summed E-state index contributed by atoms with van der Waals surface area (Å²) in [7, 11) is 0. The van der Waals surface area contributed by atoms with Gasteiger partial charge in [-0.05, 0) is 37.0 Å². The molecule has 2 rings (SSSR count). The Balaban J connectivity index is 1.79. The second-order valence-electron chi connectivity index (χ2n) is 4.55. The molecule has 4 heteroatoms. The van der Waals surface area contributed by atoms with Crippen LogP contribution in [0.3, 0.4) is 0 Å². The summed E-state index contributed by atoms with van der Waals surface area (Å²) in [5.41, 5.74) is 1.08. The van der Waals surface area contributed by atoms with E-state index in [9.17, 15) is 0 Å². The van der Waals surface area contributed by atoms with Crippen LogP contribution in [0.4, 0.5) is 0 Å². The third kappa shape index (κ3) is 4.02. The molecule has 1 aliphatic rings. The Morgan fingerprint density at radius 3 is 2.67 bits per heavy atom. The fourth-order valence-electron chi connectivity index (χ4n) is 1.72. The first-order chi connectivity index (χ1) is 8.81. The minimum atomic E-state index is -0.241. The molecule has 0 heterocycles. The van der Waals surface area contributed by atoms with Gasteiger partial charge in [-0.1, -0.05) is 12.1 Å². The molecule has 18 heavy (non-hydrogen) atoms. The van der Waals surface area contributed by atoms with Crippen LogP contribution in [-0.4, -0.2) is 30.4 Å². The zero-order chi connectivity index (χ0) is 12.8. The average Bonchev–Trinajstić information content (AvgIpc) is 3.20. The number of nitriles is 1. The van der Waals surface area contributed by atoms with Gasteiger partial charge in [0.1, 0.15) is 18.4 Å². The van der Waals surface area contributed by atoms with Gasteiger partial charge in [0.2, 0.25) is 0 Å². The number of aliphatic hydroxyl groups excluding tert-OH is 1. The minimum absolute atomic E-state index is 0.155.